The van der Waals surface area contributed by atoms with Crippen molar-refractivity contribution in [3.8, 4) is 5.75 Å². The van der Waals surface area contributed by atoms with Gasteiger partial charge in [0.1, 0.15) is 23.1 Å². The average Bonchev–Trinajstić information content (AvgIpc) is 2.94. The number of hydrogen-bond acceptors (Lipinski definition) is 4. The number of aryl methyl sites for hydroxylation is 1. The predicted molar refractivity (Wildman–Crippen MR) is 94.2 cm³/mol. The molecule has 2 aromatic carbocycles. The van der Waals surface area contributed by atoms with Crippen molar-refractivity contribution in [3.05, 3.63) is 54.5 Å². The molecule has 0 aliphatic heterocycles. The van der Waals surface area contributed by atoms with Gasteiger partial charge in [-0.15, -0.1) is 0 Å². The highest BCUT2D eigenvalue weighted by atomic mass is 32.2. The highest BCUT2D eigenvalue weighted by molar-refractivity contribution is 7.91. The zero-order valence-electron chi connectivity index (χ0n) is 14.0. The van der Waals surface area contributed by atoms with E-state index < -0.39 is 15.7 Å². The van der Waals surface area contributed by atoms with Crippen LogP contribution in [-0.2, 0) is 16.9 Å². The predicted octanol–water partition coefficient (Wildman–Crippen LogP) is 2.75. The Kier molecular flexibility index (Phi) is 4.78. The van der Waals surface area contributed by atoms with Crippen LogP contribution in [0.5, 0.6) is 5.75 Å². The molecule has 7 heteroatoms. The van der Waals surface area contributed by atoms with E-state index in [2.05, 4.69) is 5.32 Å². The lowest BCUT2D eigenvalue weighted by molar-refractivity contribution is 0.321. The van der Waals surface area contributed by atoms with Crippen LogP contribution in [0, 0.1) is 5.82 Å². The summed E-state index contributed by atoms with van der Waals surface area (Å²) < 4.78 is 47.4. The molecule has 1 N–H and O–H groups in total. The fourth-order valence-corrected chi connectivity index (χ4v) is 4.34. The lowest BCUT2D eigenvalue weighted by atomic mass is 10.2. The van der Waals surface area contributed by atoms with Crippen LogP contribution in [0.4, 0.5) is 4.39 Å². The van der Waals surface area contributed by atoms with Gasteiger partial charge in [-0.3, -0.25) is 0 Å². The fourth-order valence-electron chi connectivity index (χ4n) is 2.77. The minimum Gasteiger partial charge on any atom is -0.490 e. The van der Waals surface area contributed by atoms with E-state index in [0.717, 1.165) is 6.07 Å². The van der Waals surface area contributed by atoms with Crippen molar-refractivity contribution in [3.63, 3.8) is 0 Å². The molecule has 0 bridgehead atoms. The van der Waals surface area contributed by atoms with Crippen molar-refractivity contribution in [1.82, 2.24) is 9.88 Å². The third kappa shape index (κ3) is 3.12. The number of hydrogen-bond donors (Lipinski definition) is 1. The van der Waals surface area contributed by atoms with Crippen LogP contribution >= 0.6 is 0 Å². The Balaban J connectivity index is 2.15. The Labute approximate surface area is 146 Å². The highest BCUT2D eigenvalue weighted by Crippen LogP contribution is 2.35. The Morgan fingerprint density at radius 1 is 1.12 bits per heavy atom. The average molecular weight is 362 g/mol. The van der Waals surface area contributed by atoms with Crippen molar-refractivity contribution in [1.29, 1.82) is 0 Å². The van der Waals surface area contributed by atoms with Gasteiger partial charge >= 0.3 is 0 Å². The Morgan fingerprint density at radius 2 is 1.88 bits per heavy atom. The van der Waals surface area contributed by atoms with Crippen molar-refractivity contribution in [2.24, 2.45) is 7.05 Å². The number of nitrogens with one attached hydrogen (secondary N) is 1. The molecular weight excluding hydrogens is 343 g/mol. The van der Waals surface area contributed by atoms with Crippen LogP contribution in [0.1, 0.15) is 0 Å². The molecule has 0 aliphatic rings. The molecule has 1 aromatic heterocycles. The molecule has 132 valence electrons. The maximum absolute atomic E-state index is 14.0. The summed E-state index contributed by atoms with van der Waals surface area (Å²) in [6.07, 6.45) is 1.50. The van der Waals surface area contributed by atoms with Crippen LogP contribution in [0.2, 0.25) is 0 Å². The van der Waals surface area contributed by atoms with E-state index in [1.807, 2.05) is 7.05 Å². The summed E-state index contributed by atoms with van der Waals surface area (Å²) in [6.45, 7) is 1.12. The molecule has 25 heavy (non-hydrogen) atoms. The highest BCUT2D eigenvalue weighted by Gasteiger charge is 2.26. The summed E-state index contributed by atoms with van der Waals surface area (Å²) in [7, 11) is -0.412. The van der Waals surface area contributed by atoms with Gasteiger partial charge in [-0.05, 0) is 25.2 Å². The van der Waals surface area contributed by atoms with Crippen LogP contribution in [-0.4, -0.2) is 33.2 Å². The minimum absolute atomic E-state index is 0.0640. The second-order valence-corrected chi connectivity index (χ2v) is 7.53. The maximum atomic E-state index is 14.0. The van der Waals surface area contributed by atoms with Gasteiger partial charge < -0.3 is 14.6 Å². The summed E-state index contributed by atoms with van der Waals surface area (Å²) in [5, 5.41) is 3.50. The zero-order chi connectivity index (χ0) is 18.0. The third-order valence-corrected chi connectivity index (χ3v) is 5.77. The number of halogens is 1. The number of benzene rings is 2. The zero-order valence-corrected chi connectivity index (χ0v) is 14.8. The van der Waals surface area contributed by atoms with Gasteiger partial charge in [0, 0.05) is 25.2 Å². The number of para-hydroxylation sites is 1. The molecule has 0 atom stereocenters. The van der Waals surface area contributed by atoms with Crippen molar-refractivity contribution >= 4 is 20.7 Å². The molecule has 0 radical (unpaired) electrons. The van der Waals surface area contributed by atoms with E-state index in [1.165, 1.54) is 24.4 Å². The van der Waals surface area contributed by atoms with Crippen molar-refractivity contribution < 1.29 is 17.5 Å². The van der Waals surface area contributed by atoms with Gasteiger partial charge in [-0.25, -0.2) is 12.8 Å². The summed E-state index contributed by atoms with van der Waals surface area (Å²) in [6, 6.07) is 10.6. The second-order valence-electron chi connectivity index (χ2n) is 5.64. The largest absolute Gasteiger partial charge is 0.490 e. The normalized spacial score (nSPS) is 11.8. The molecule has 0 aliphatic carbocycles. The molecule has 1 heterocycles. The number of sulfone groups is 1. The first kappa shape index (κ1) is 17.4. The van der Waals surface area contributed by atoms with E-state index in [9.17, 15) is 12.8 Å². The quantitative estimate of drug-likeness (QED) is 0.685. The number of nitrogens with zero attached hydrogens (tertiary/aromatic N) is 1. The van der Waals surface area contributed by atoms with Crippen molar-refractivity contribution in [2.75, 3.05) is 20.2 Å². The van der Waals surface area contributed by atoms with Gasteiger partial charge in [0.2, 0.25) is 9.84 Å². The first-order chi connectivity index (χ1) is 12.0. The van der Waals surface area contributed by atoms with E-state index in [1.54, 1.807) is 29.8 Å². The van der Waals surface area contributed by atoms with Gasteiger partial charge in [-0.1, -0.05) is 24.3 Å². The van der Waals surface area contributed by atoms with Crippen LogP contribution in [0.25, 0.3) is 10.9 Å². The molecule has 0 spiro atoms. The van der Waals surface area contributed by atoms with E-state index in [0.29, 0.717) is 29.8 Å². The Morgan fingerprint density at radius 3 is 2.60 bits per heavy atom. The molecule has 3 aromatic rings. The summed E-state index contributed by atoms with van der Waals surface area (Å²) in [4.78, 5) is -0.266. The topological polar surface area (TPSA) is 60.3 Å². The first-order valence-corrected chi connectivity index (χ1v) is 9.30. The number of likely N-dealkylation sites (N-methyl/N-ethyl adjacent to an activating group) is 1. The SMILES string of the molecule is CNCCOc1cccc2c(S(=O)(=O)c3ccccc3F)cn(C)c12. The minimum atomic E-state index is -3.98. The second kappa shape index (κ2) is 6.85. The van der Waals surface area contributed by atoms with Crippen molar-refractivity contribution in [2.45, 2.75) is 9.79 Å². The lowest BCUT2D eigenvalue weighted by Crippen LogP contribution is -2.16. The number of rotatable bonds is 6. The van der Waals surface area contributed by atoms with E-state index in [-0.39, 0.29) is 9.79 Å². The fraction of sp³-hybridized carbons (Fsp3) is 0.222. The van der Waals surface area contributed by atoms with Gasteiger partial charge in [-0.2, -0.15) is 0 Å². The maximum Gasteiger partial charge on any atom is 0.211 e. The number of aromatic nitrogens is 1. The molecule has 0 saturated carbocycles. The van der Waals surface area contributed by atoms with Gasteiger partial charge in [0.15, 0.2) is 0 Å². The lowest BCUT2D eigenvalue weighted by Gasteiger charge is -2.09. The smallest absolute Gasteiger partial charge is 0.211 e. The molecule has 0 amide bonds. The third-order valence-electron chi connectivity index (χ3n) is 3.95. The molecule has 5 nitrogen and oxygen atoms in total. The van der Waals surface area contributed by atoms with Gasteiger partial charge in [0.05, 0.1) is 10.4 Å². The molecule has 0 fully saturated rings. The first-order valence-electron chi connectivity index (χ1n) is 7.82. The Hall–Kier alpha value is -2.38. The van der Waals surface area contributed by atoms with Crippen LogP contribution in [0.3, 0.4) is 0 Å². The van der Waals surface area contributed by atoms with Gasteiger partial charge in [0.25, 0.3) is 0 Å². The van der Waals surface area contributed by atoms with Crippen LogP contribution in [0.15, 0.2) is 58.5 Å². The summed E-state index contributed by atoms with van der Waals surface area (Å²) >= 11 is 0. The van der Waals surface area contributed by atoms with E-state index >= 15 is 0 Å². The Bertz CT molecular complexity index is 1010. The number of fused-ring (bicyclic) bond motifs is 1. The van der Waals surface area contributed by atoms with E-state index in [4.69, 9.17) is 4.74 Å². The van der Waals surface area contributed by atoms with Crippen LogP contribution < -0.4 is 10.1 Å². The molecule has 0 unspecified atom stereocenters. The number of ether oxygens (including phenoxy) is 1. The monoisotopic (exact) mass is 362 g/mol. The standard InChI is InChI=1S/C18H19FN2O3S/c1-20-10-11-24-15-8-5-6-13-17(12-21(2)18(13)15)25(22,23)16-9-4-3-7-14(16)19/h3-9,12,20H,10-11H2,1-2H3. The summed E-state index contributed by atoms with van der Waals surface area (Å²) in [5.41, 5.74) is 0.661. The summed E-state index contributed by atoms with van der Waals surface area (Å²) in [5.74, 6) is -0.175. The molecule has 3 rings (SSSR count). The molecule has 0 saturated heterocycles. The molecular formula is C18H19FN2O3S.